The van der Waals surface area contributed by atoms with Crippen LogP contribution in [0, 0.1) is 12.8 Å². The summed E-state index contributed by atoms with van der Waals surface area (Å²) in [6, 6.07) is -0.123. The van der Waals surface area contributed by atoms with Crippen molar-refractivity contribution < 1.29 is 17.9 Å². The molecule has 2 saturated heterocycles. The van der Waals surface area contributed by atoms with E-state index >= 15 is 0 Å². The van der Waals surface area contributed by atoms with Crippen LogP contribution in [0.2, 0.25) is 0 Å². The Hall–Kier alpha value is -1.61. The average Bonchev–Trinajstić information content (AvgIpc) is 3.09. The Morgan fingerprint density at radius 3 is 2.67 bits per heavy atom. The van der Waals surface area contributed by atoms with Gasteiger partial charge in [-0.2, -0.15) is 9.40 Å². The molecule has 2 fully saturated rings. The summed E-state index contributed by atoms with van der Waals surface area (Å²) in [6.07, 6.45) is 1.76. The van der Waals surface area contributed by atoms with Crippen molar-refractivity contribution in [3.05, 3.63) is 11.9 Å². The first kappa shape index (κ1) is 17.2. The van der Waals surface area contributed by atoms with Crippen LogP contribution in [-0.4, -0.2) is 65.2 Å². The number of amides is 1. The SMILES string of the molecule is Cc1[nH]ncc1S(=O)(=O)N1C[C@@H]2CCN(C(=O)OC(C)(C)C)[C@@H]2C1. The van der Waals surface area contributed by atoms with Crippen LogP contribution >= 0.6 is 0 Å². The highest BCUT2D eigenvalue weighted by atomic mass is 32.2. The molecule has 2 aliphatic rings. The zero-order valence-electron chi connectivity index (χ0n) is 14.4. The smallest absolute Gasteiger partial charge is 0.410 e. The van der Waals surface area contributed by atoms with Crippen LogP contribution in [0.3, 0.4) is 0 Å². The van der Waals surface area contributed by atoms with Gasteiger partial charge in [0.1, 0.15) is 10.5 Å². The number of ether oxygens (including phenoxy) is 1. The number of rotatable bonds is 2. The Balaban J connectivity index is 1.75. The maximum atomic E-state index is 12.8. The third kappa shape index (κ3) is 3.02. The lowest BCUT2D eigenvalue weighted by atomic mass is 10.1. The Labute approximate surface area is 142 Å². The number of carbonyl (C=O) groups excluding carboxylic acids is 1. The quantitative estimate of drug-likeness (QED) is 0.863. The highest BCUT2D eigenvalue weighted by molar-refractivity contribution is 7.89. The molecule has 1 N–H and O–H groups in total. The van der Waals surface area contributed by atoms with Gasteiger partial charge in [-0.05, 0) is 40.0 Å². The number of aromatic nitrogens is 2. The number of hydrogen-bond donors (Lipinski definition) is 1. The molecular weight excluding hydrogens is 332 g/mol. The van der Waals surface area contributed by atoms with E-state index < -0.39 is 15.6 Å². The van der Waals surface area contributed by atoms with E-state index in [9.17, 15) is 13.2 Å². The fourth-order valence-corrected chi connectivity index (χ4v) is 5.04. The van der Waals surface area contributed by atoms with E-state index in [1.54, 1.807) is 11.8 Å². The second-order valence-electron chi connectivity index (χ2n) is 7.47. The van der Waals surface area contributed by atoms with Gasteiger partial charge in [0, 0.05) is 19.6 Å². The number of nitrogens with one attached hydrogen (secondary N) is 1. The van der Waals surface area contributed by atoms with Gasteiger partial charge in [0.15, 0.2) is 0 Å². The van der Waals surface area contributed by atoms with Crippen molar-refractivity contribution in [1.29, 1.82) is 0 Å². The molecule has 0 aromatic carbocycles. The maximum absolute atomic E-state index is 12.8. The predicted molar refractivity (Wildman–Crippen MR) is 86.9 cm³/mol. The number of hydrogen-bond acceptors (Lipinski definition) is 5. The fourth-order valence-electron chi connectivity index (χ4n) is 3.41. The summed E-state index contributed by atoms with van der Waals surface area (Å²) in [5, 5.41) is 6.46. The second-order valence-corrected chi connectivity index (χ2v) is 9.38. The molecule has 3 rings (SSSR count). The van der Waals surface area contributed by atoms with Gasteiger partial charge >= 0.3 is 6.09 Å². The Morgan fingerprint density at radius 1 is 1.38 bits per heavy atom. The molecule has 3 heterocycles. The normalized spacial score (nSPS) is 25.1. The predicted octanol–water partition coefficient (Wildman–Crippen LogP) is 1.35. The lowest BCUT2D eigenvalue weighted by Gasteiger charge is -2.28. The van der Waals surface area contributed by atoms with E-state index in [1.807, 2.05) is 20.8 Å². The zero-order chi connectivity index (χ0) is 17.7. The number of H-pyrrole nitrogens is 1. The molecule has 134 valence electrons. The summed E-state index contributed by atoms with van der Waals surface area (Å²) >= 11 is 0. The first-order valence-electron chi connectivity index (χ1n) is 8.09. The first-order valence-corrected chi connectivity index (χ1v) is 9.53. The molecule has 0 bridgehead atoms. The van der Waals surface area contributed by atoms with E-state index in [0.717, 1.165) is 6.42 Å². The van der Waals surface area contributed by atoms with Crippen LogP contribution in [0.4, 0.5) is 4.79 Å². The van der Waals surface area contributed by atoms with Gasteiger partial charge in [0.25, 0.3) is 0 Å². The van der Waals surface area contributed by atoms with Crippen molar-refractivity contribution in [3.8, 4) is 0 Å². The zero-order valence-corrected chi connectivity index (χ0v) is 15.3. The number of nitrogens with zero attached hydrogens (tertiary/aromatic N) is 3. The molecular formula is C15H24N4O4S. The fraction of sp³-hybridized carbons (Fsp3) is 0.733. The minimum Gasteiger partial charge on any atom is -0.444 e. The standard InChI is InChI=1S/C15H24N4O4S/c1-10-13(7-16-17-10)24(21,22)18-8-11-5-6-19(12(11)9-18)14(20)23-15(2,3)4/h7,11-12H,5-6,8-9H2,1-4H3,(H,16,17)/t11-,12+/m0/s1. The molecule has 24 heavy (non-hydrogen) atoms. The summed E-state index contributed by atoms with van der Waals surface area (Å²) < 4.78 is 32.5. The minimum absolute atomic E-state index is 0.123. The number of fused-ring (bicyclic) bond motifs is 1. The molecule has 1 amide bonds. The van der Waals surface area contributed by atoms with Crippen molar-refractivity contribution in [2.45, 2.75) is 50.7 Å². The molecule has 8 nitrogen and oxygen atoms in total. The molecule has 2 atom stereocenters. The minimum atomic E-state index is -3.59. The van der Waals surface area contributed by atoms with Crippen LogP contribution in [0.15, 0.2) is 11.1 Å². The lowest BCUT2D eigenvalue weighted by molar-refractivity contribution is 0.0223. The van der Waals surface area contributed by atoms with Gasteiger partial charge in [0.2, 0.25) is 10.0 Å². The number of aromatic amines is 1. The van der Waals surface area contributed by atoms with Crippen LogP contribution < -0.4 is 0 Å². The maximum Gasteiger partial charge on any atom is 0.410 e. The largest absolute Gasteiger partial charge is 0.444 e. The Bertz CT molecular complexity index is 737. The molecule has 1 aromatic heterocycles. The van der Waals surface area contributed by atoms with Crippen LogP contribution in [0.5, 0.6) is 0 Å². The van der Waals surface area contributed by atoms with Gasteiger partial charge in [-0.25, -0.2) is 13.2 Å². The Kier molecular flexibility index (Phi) is 4.11. The lowest BCUT2D eigenvalue weighted by Crippen LogP contribution is -2.43. The van der Waals surface area contributed by atoms with Crippen molar-refractivity contribution in [2.24, 2.45) is 5.92 Å². The van der Waals surface area contributed by atoms with Crippen molar-refractivity contribution >= 4 is 16.1 Å². The molecule has 0 spiro atoms. The van der Waals surface area contributed by atoms with Gasteiger partial charge < -0.3 is 9.64 Å². The van der Waals surface area contributed by atoms with E-state index in [0.29, 0.717) is 25.3 Å². The van der Waals surface area contributed by atoms with Crippen LogP contribution in [0.25, 0.3) is 0 Å². The number of likely N-dealkylation sites (tertiary alicyclic amines) is 1. The van der Waals surface area contributed by atoms with Gasteiger partial charge in [-0.3, -0.25) is 5.10 Å². The van der Waals surface area contributed by atoms with E-state index in [4.69, 9.17) is 4.74 Å². The summed E-state index contributed by atoms with van der Waals surface area (Å²) in [6.45, 7) is 8.50. The number of sulfonamides is 1. The van der Waals surface area contributed by atoms with E-state index in [1.165, 1.54) is 10.5 Å². The van der Waals surface area contributed by atoms with Crippen molar-refractivity contribution in [1.82, 2.24) is 19.4 Å². The molecule has 9 heteroatoms. The van der Waals surface area contributed by atoms with Crippen LogP contribution in [-0.2, 0) is 14.8 Å². The topological polar surface area (TPSA) is 95.6 Å². The van der Waals surface area contributed by atoms with Crippen molar-refractivity contribution in [2.75, 3.05) is 19.6 Å². The Morgan fingerprint density at radius 2 is 2.08 bits per heavy atom. The van der Waals surface area contributed by atoms with Gasteiger partial charge in [-0.15, -0.1) is 0 Å². The monoisotopic (exact) mass is 356 g/mol. The molecule has 0 aliphatic carbocycles. The highest BCUT2D eigenvalue weighted by Gasteiger charge is 2.48. The van der Waals surface area contributed by atoms with E-state index in [2.05, 4.69) is 10.2 Å². The number of carbonyl (C=O) groups is 1. The molecule has 2 aliphatic heterocycles. The number of aryl methyl sites for hydroxylation is 1. The van der Waals surface area contributed by atoms with Gasteiger partial charge in [-0.1, -0.05) is 0 Å². The summed E-state index contributed by atoms with van der Waals surface area (Å²) in [5.74, 6) is 0.152. The molecule has 0 unspecified atom stereocenters. The second kappa shape index (κ2) is 5.73. The third-order valence-electron chi connectivity index (χ3n) is 4.54. The summed E-state index contributed by atoms with van der Waals surface area (Å²) in [5.41, 5.74) is -0.0379. The van der Waals surface area contributed by atoms with Gasteiger partial charge in [0.05, 0.1) is 17.9 Å². The highest BCUT2D eigenvalue weighted by Crippen LogP contribution is 2.35. The van der Waals surface area contributed by atoms with E-state index in [-0.39, 0.29) is 22.9 Å². The molecule has 1 aromatic rings. The average molecular weight is 356 g/mol. The first-order chi connectivity index (χ1) is 11.1. The molecule has 0 radical (unpaired) electrons. The third-order valence-corrected chi connectivity index (χ3v) is 6.49. The summed E-state index contributed by atoms with van der Waals surface area (Å²) in [7, 11) is -3.59. The van der Waals surface area contributed by atoms with Crippen molar-refractivity contribution in [3.63, 3.8) is 0 Å². The molecule has 0 saturated carbocycles. The van der Waals surface area contributed by atoms with Crippen LogP contribution in [0.1, 0.15) is 32.9 Å². The summed E-state index contributed by atoms with van der Waals surface area (Å²) in [4.78, 5) is 14.2.